The number of ether oxygens (including phenoxy) is 1. The van der Waals surface area contributed by atoms with E-state index in [9.17, 15) is 9.90 Å². The van der Waals surface area contributed by atoms with Crippen LogP contribution >= 0.6 is 0 Å². The maximum absolute atomic E-state index is 11.5. The maximum Gasteiger partial charge on any atom is 0.308 e. The Morgan fingerprint density at radius 3 is 1.22 bits per heavy atom. The molecule has 2 atom stereocenters. The standard InChI is InChI=1S/C27H54O5/c1-2-3-4-5-6-7-8-9-10-11-12-13-14-15-16-17-18-19-20-21-22-23-26(30)32-27(31)25(29)24-28/h25,27-29,31H,2-24H2,1H3. The van der Waals surface area contributed by atoms with Crippen LogP contribution in [0.25, 0.3) is 0 Å². The Labute approximate surface area is 198 Å². The van der Waals surface area contributed by atoms with Gasteiger partial charge in [-0.05, 0) is 6.42 Å². The minimum Gasteiger partial charge on any atom is -0.433 e. The Hall–Kier alpha value is -0.650. The lowest BCUT2D eigenvalue weighted by atomic mass is 10.0. The van der Waals surface area contributed by atoms with E-state index in [1.54, 1.807) is 0 Å². The lowest BCUT2D eigenvalue weighted by molar-refractivity contribution is -0.190. The van der Waals surface area contributed by atoms with Gasteiger partial charge < -0.3 is 20.1 Å². The second-order valence-electron chi connectivity index (χ2n) is 9.45. The Morgan fingerprint density at radius 2 is 0.906 bits per heavy atom. The zero-order valence-electron chi connectivity index (χ0n) is 21.1. The summed E-state index contributed by atoms with van der Waals surface area (Å²) in [5.74, 6) is -0.525. The molecule has 0 saturated heterocycles. The second-order valence-corrected chi connectivity index (χ2v) is 9.45. The molecular formula is C27H54O5. The number of esters is 1. The quantitative estimate of drug-likeness (QED) is 0.0795. The van der Waals surface area contributed by atoms with Gasteiger partial charge in [-0.2, -0.15) is 0 Å². The van der Waals surface area contributed by atoms with E-state index in [-0.39, 0.29) is 6.42 Å². The van der Waals surface area contributed by atoms with Crippen LogP contribution < -0.4 is 0 Å². The van der Waals surface area contributed by atoms with Gasteiger partial charge in [-0.15, -0.1) is 0 Å². The average Bonchev–Trinajstić information content (AvgIpc) is 2.79. The summed E-state index contributed by atoms with van der Waals surface area (Å²) >= 11 is 0. The lowest BCUT2D eigenvalue weighted by Gasteiger charge is -2.15. The van der Waals surface area contributed by atoms with Gasteiger partial charge in [-0.25, -0.2) is 0 Å². The first-order chi connectivity index (χ1) is 15.6. The number of carbonyl (C=O) groups is 1. The van der Waals surface area contributed by atoms with Crippen molar-refractivity contribution in [1.82, 2.24) is 0 Å². The molecule has 3 N–H and O–H groups in total. The largest absolute Gasteiger partial charge is 0.433 e. The van der Waals surface area contributed by atoms with E-state index in [2.05, 4.69) is 11.7 Å². The minimum absolute atomic E-state index is 0.244. The Balaban J connectivity index is 3.17. The van der Waals surface area contributed by atoms with Crippen LogP contribution in [0.5, 0.6) is 0 Å². The van der Waals surface area contributed by atoms with Crippen LogP contribution in [-0.2, 0) is 9.53 Å². The summed E-state index contributed by atoms with van der Waals surface area (Å²) < 4.78 is 4.65. The van der Waals surface area contributed by atoms with Crippen LogP contribution in [0.3, 0.4) is 0 Å². The van der Waals surface area contributed by atoms with Crippen LogP contribution in [0.1, 0.15) is 148 Å². The molecule has 0 rings (SSSR count). The molecular weight excluding hydrogens is 404 g/mol. The second kappa shape index (κ2) is 25.0. The predicted molar refractivity (Wildman–Crippen MR) is 132 cm³/mol. The van der Waals surface area contributed by atoms with E-state index in [0.717, 1.165) is 19.3 Å². The highest BCUT2D eigenvalue weighted by atomic mass is 16.6. The van der Waals surface area contributed by atoms with Crippen molar-refractivity contribution < 1.29 is 24.9 Å². The van der Waals surface area contributed by atoms with E-state index < -0.39 is 25.0 Å². The van der Waals surface area contributed by atoms with Crippen LogP contribution in [-0.4, -0.2) is 40.3 Å². The molecule has 0 aromatic rings. The van der Waals surface area contributed by atoms with Gasteiger partial charge in [-0.3, -0.25) is 4.79 Å². The van der Waals surface area contributed by atoms with Crippen molar-refractivity contribution in [1.29, 1.82) is 0 Å². The van der Waals surface area contributed by atoms with Gasteiger partial charge in [0.1, 0.15) is 6.10 Å². The summed E-state index contributed by atoms with van der Waals surface area (Å²) in [6.07, 6.45) is 24.9. The summed E-state index contributed by atoms with van der Waals surface area (Å²) in [7, 11) is 0. The zero-order chi connectivity index (χ0) is 23.7. The van der Waals surface area contributed by atoms with Crippen molar-refractivity contribution in [2.24, 2.45) is 0 Å². The monoisotopic (exact) mass is 458 g/mol. The van der Waals surface area contributed by atoms with E-state index in [0.29, 0.717) is 0 Å². The molecule has 0 aliphatic rings. The van der Waals surface area contributed by atoms with Crippen molar-refractivity contribution in [3.05, 3.63) is 0 Å². The molecule has 0 fully saturated rings. The molecule has 2 unspecified atom stereocenters. The summed E-state index contributed by atoms with van der Waals surface area (Å²) in [6, 6.07) is 0. The van der Waals surface area contributed by atoms with E-state index in [4.69, 9.17) is 10.2 Å². The molecule has 5 nitrogen and oxygen atoms in total. The number of unbranched alkanes of at least 4 members (excludes halogenated alkanes) is 20. The Kier molecular flexibility index (Phi) is 24.5. The van der Waals surface area contributed by atoms with Crippen molar-refractivity contribution in [2.75, 3.05) is 6.61 Å². The molecule has 0 spiro atoms. The Morgan fingerprint density at radius 1 is 0.594 bits per heavy atom. The maximum atomic E-state index is 11.5. The molecule has 0 aliphatic heterocycles. The fraction of sp³-hybridized carbons (Fsp3) is 0.963. The van der Waals surface area contributed by atoms with Crippen molar-refractivity contribution in [3.8, 4) is 0 Å². The highest BCUT2D eigenvalue weighted by Crippen LogP contribution is 2.15. The molecule has 0 amide bonds. The van der Waals surface area contributed by atoms with Gasteiger partial charge in [0.15, 0.2) is 0 Å². The summed E-state index contributed by atoms with van der Waals surface area (Å²) in [5, 5.41) is 27.1. The third-order valence-electron chi connectivity index (χ3n) is 6.25. The van der Waals surface area contributed by atoms with Crippen molar-refractivity contribution in [3.63, 3.8) is 0 Å². The van der Waals surface area contributed by atoms with Crippen molar-refractivity contribution in [2.45, 2.75) is 161 Å². The first-order valence-electron chi connectivity index (χ1n) is 13.8. The highest BCUT2D eigenvalue weighted by molar-refractivity contribution is 5.69. The van der Waals surface area contributed by atoms with Crippen LogP contribution in [0.15, 0.2) is 0 Å². The fourth-order valence-electron chi connectivity index (χ4n) is 4.06. The van der Waals surface area contributed by atoms with Crippen LogP contribution in [0.2, 0.25) is 0 Å². The third kappa shape index (κ3) is 22.5. The zero-order valence-corrected chi connectivity index (χ0v) is 21.1. The number of rotatable bonds is 25. The molecule has 5 heteroatoms. The Bertz CT molecular complexity index is 388. The molecule has 0 heterocycles. The smallest absolute Gasteiger partial charge is 0.308 e. The SMILES string of the molecule is CCCCCCCCCCCCCCCCCCCCCCCC(=O)OC(O)C(O)CO. The average molecular weight is 459 g/mol. The molecule has 0 saturated carbocycles. The molecule has 192 valence electrons. The lowest BCUT2D eigenvalue weighted by Crippen LogP contribution is -2.33. The van der Waals surface area contributed by atoms with E-state index >= 15 is 0 Å². The van der Waals surface area contributed by atoms with Gasteiger partial charge in [0, 0.05) is 6.42 Å². The topological polar surface area (TPSA) is 87.0 Å². The number of carbonyl (C=O) groups excluding carboxylic acids is 1. The number of hydrogen-bond donors (Lipinski definition) is 3. The number of aliphatic hydroxyl groups excluding tert-OH is 3. The molecule has 0 aromatic carbocycles. The third-order valence-corrected chi connectivity index (χ3v) is 6.25. The van der Waals surface area contributed by atoms with Gasteiger partial charge in [0.25, 0.3) is 0 Å². The van der Waals surface area contributed by atoms with Gasteiger partial charge >= 0.3 is 5.97 Å². The summed E-state index contributed by atoms with van der Waals surface area (Å²) in [5.41, 5.74) is 0. The van der Waals surface area contributed by atoms with Gasteiger partial charge in [-0.1, -0.05) is 135 Å². The first kappa shape index (κ1) is 31.4. The number of aliphatic hydroxyl groups is 3. The van der Waals surface area contributed by atoms with Crippen LogP contribution in [0, 0.1) is 0 Å². The first-order valence-corrected chi connectivity index (χ1v) is 13.8. The highest BCUT2D eigenvalue weighted by Gasteiger charge is 2.19. The van der Waals surface area contributed by atoms with E-state index in [1.165, 1.54) is 116 Å². The summed E-state index contributed by atoms with van der Waals surface area (Å²) in [4.78, 5) is 11.5. The van der Waals surface area contributed by atoms with E-state index in [1.807, 2.05) is 0 Å². The van der Waals surface area contributed by atoms with Gasteiger partial charge in [0.05, 0.1) is 6.61 Å². The minimum atomic E-state index is -1.64. The van der Waals surface area contributed by atoms with Crippen molar-refractivity contribution >= 4 is 5.97 Å². The molecule has 0 aromatic heterocycles. The normalized spacial score (nSPS) is 13.2. The molecule has 32 heavy (non-hydrogen) atoms. The molecule has 0 bridgehead atoms. The van der Waals surface area contributed by atoms with Gasteiger partial charge in [0.2, 0.25) is 6.29 Å². The van der Waals surface area contributed by atoms with Crippen LogP contribution in [0.4, 0.5) is 0 Å². The fourth-order valence-corrected chi connectivity index (χ4v) is 4.06. The predicted octanol–water partition coefficient (Wildman–Crippen LogP) is 6.80. The number of hydrogen-bond acceptors (Lipinski definition) is 5. The summed E-state index contributed by atoms with van der Waals surface area (Å²) in [6.45, 7) is 1.65. The molecule has 0 aliphatic carbocycles. The molecule has 0 radical (unpaired) electrons.